The van der Waals surface area contributed by atoms with Gasteiger partial charge in [-0.25, -0.2) is 8.42 Å². The summed E-state index contributed by atoms with van der Waals surface area (Å²) in [6.45, 7) is 1.73. The van der Waals surface area contributed by atoms with Crippen molar-refractivity contribution in [3.8, 4) is 28.8 Å². The number of hydrogen-bond acceptors (Lipinski definition) is 9. The molecule has 0 atom stereocenters. The Hall–Kier alpha value is -3.67. The van der Waals surface area contributed by atoms with E-state index in [0.29, 0.717) is 39.5 Å². The molecule has 0 amide bonds. The van der Waals surface area contributed by atoms with Gasteiger partial charge in [-0.3, -0.25) is 9.55 Å². The maximum absolute atomic E-state index is 13.5. The Morgan fingerprint density at radius 2 is 1.88 bits per heavy atom. The van der Waals surface area contributed by atoms with Gasteiger partial charge in [-0.05, 0) is 49.4 Å². The van der Waals surface area contributed by atoms with E-state index in [0.717, 1.165) is 30.6 Å². The fourth-order valence-electron chi connectivity index (χ4n) is 4.74. The van der Waals surface area contributed by atoms with E-state index in [1.165, 1.54) is 20.5 Å². The van der Waals surface area contributed by atoms with Crippen molar-refractivity contribution in [3.05, 3.63) is 77.0 Å². The van der Waals surface area contributed by atoms with Crippen LogP contribution >= 0.6 is 11.6 Å². The van der Waals surface area contributed by atoms with Crippen molar-refractivity contribution in [1.29, 1.82) is 0 Å². The number of likely N-dealkylation sites (N-methyl/N-ethyl adjacent to an activating group) is 1. The average molecular weight is 584 g/mol. The zero-order valence-electron chi connectivity index (χ0n) is 22.5. The smallest absolute Gasteiger partial charge is 0.204 e. The van der Waals surface area contributed by atoms with E-state index < -0.39 is 9.84 Å². The number of sulfone groups is 1. The largest absolute Gasteiger partial charge is 0.494 e. The van der Waals surface area contributed by atoms with Crippen LogP contribution in [0.4, 0.5) is 0 Å². The number of nitrogens with zero attached hydrogens (tertiary/aromatic N) is 5. The predicted octanol–water partition coefficient (Wildman–Crippen LogP) is 4.47. The molecule has 4 heterocycles. The van der Waals surface area contributed by atoms with E-state index >= 15 is 0 Å². The summed E-state index contributed by atoms with van der Waals surface area (Å²) in [6, 6.07) is 10.6. The topological polar surface area (TPSA) is 113 Å². The second kappa shape index (κ2) is 11.8. The van der Waals surface area contributed by atoms with Gasteiger partial charge in [0.05, 0.1) is 31.3 Å². The molecule has 0 bridgehead atoms. The third kappa shape index (κ3) is 5.91. The number of ether oxygens (including phenoxy) is 2. The van der Waals surface area contributed by atoms with Gasteiger partial charge in [0.25, 0.3) is 0 Å². The van der Waals surface area contributed by atoms with Crippen LogP contribution in [0.2, 0.25) is 5.02 Å². The molecule has 1 aliphatic rings. The van der Waals surface area contributed by atoms with Gasteiger partial charge in [0.2, 0.25) is 5.82 Å². The Balaban J connectivity index is 1.47. The summed E-state index contributed by atoms with van der Waals surface area (Å²) >= 11 is 6.27. The van der Waals surface area contributed by atoms with Gasteiger partial charge in [0.15, 0.2) is 21.4 Å². The quantitative estimate of drug-likeness (QED) is 0.267. The third-order valence-electron chi connectivity index (χ3n) is 6.79. The number of hydrogen-bond donors (Lipinski definition) is 0. The van der Waals surface area contributed by atoms with Crippen LogP contribution in [0.5, 0.6) is 11.5 Å². The van der Waals surface area contributed by atoms with Crippen LogP contribution in [-0.4, -0.2) is 73.2 Å². The Bertz CT molecular complexity index is 1610. The first-order chi connectivity index (χ1) is 19.3. The van der Waals surface area contributed by atoms with Crippen LogP contribution in [-0.2, 0) is 22.0 Å². The molecule has 3 aromatic heterocycles. The van der Waals surface area contributed by atoms with E-state index in [-0.39, 0.29) is 23.8 Å². The number of para-hydroxylation sites is 1. The maximum Gasteiger partial charge on any atom is 0.204 e. The molecule has 12 heteroatoms. The summed E-state index contributed by atoms with van der Waals surface area (Å²) in [7, 11) is 1.46. The molecule has 0 N–H and O–H groups in total. The molecule has 0 spiro atoms. The molecule has 0 unspecified atom stereocenters. The van der Waals surface area contributed by atoms with Crippen molar-refractivity contribution >= 4 is 27.0 Å². The van der Waals surface area contributed by atoms with Crippen molar-refractivity contribution < 1.29 is 22.3 Å². The summed E-state index contributed by atoms with van der Waals surface area (Å²) in [5.74, 6) is 1.39. The normalized spacial score (nSPS) is 14.2. The predicted molar refractivity (Wildman–Crippen MR) is 153 cm³/mol. The first kappa shape index (κ1) is 27.9. The second-order valence-corrected chi connectivity index (χ2v) is 12.1. The molecule has 4 aromatic rings. The Labute approximate surface area is 238 Å². The van der Waals surface area contributed by atoms with Crippen molar-refractivity contribution in [2.24, 2.45) is 0 Å². The van der Waals surface area contributed by atoms with Gasteiger partial charge >= 0.3 is 0 Å². The third-order valence-corrected chi connectivity index (χ3v) is 8.52. The molecular formula is C28H30ClN5O5S. The highest BCUT2D eigenvalue weighted by molar-refractivity contribution is 7.90. The summed E-state index contributed by atoms with van der Waals surface area (Å²) in [5, 5.41) is 9.07. The van der Waals surface area contributed by atoms with Crippen LogP contribution in [0.15, 0.2) is 59.4 Å². The van der Waals surface area contributed by atoms with Gasteiger partial charge in [0.1, 0.15) is 22.9 Å². The Kier molecular flexibility index (Phi) is 8.24. The minimum absolute atomic E-state index is 0.131. The number of methoxy groups -OCH3 is 2. The number of furan rings is 1. The zero-order valence-corrected chi connectivity index (χ0v) is 24.1. The number of aryl methyl sites for hydroxylation is 1. The standard InChI is InChI=1S/C28H30ClN5O5S/c1-33-12-9-19(10-13-33)21-16-20(29)17-30-22(21)11-15-40(35,36)18-26-31-32-28(25-8-5-14-39-25)34(26)27-23(37-2)6-4-7-24(27)38-3/h4-9,14,16-17H,10-13,15,18H2,1-3H3. The highest BCUT2D eigenvalue weighted by Gasteiger charge is 2.27. The highest BCUT2D eigenvalue weighted by Crippen LogP contribution is 2.37. The van der Waals surface area contributed by atoms with Gasteiger partial charge in [-0.1, -0.05) is 23.7 Å². The first-order valence-corrected chi connectivity index (χ1v) is 14.9. The van der Waals surface area contributed by atoms with Crippen molar-refractivity contribution in [2.45, 2.75) is 18.6 Å². The lowest BCUT2D eigenvalue weighted by atomic mass is 9.97. The Morgan fingerprint density at radius 1 is 1.10 bits per heavy atom. The van der Waals surface area contributed by atoms with Gasteiger partial charge < -0.3 is 18.8 Å². The summed E-state index contributed by atoms with van der Waals surface area (Å²) < 4.78 is 45.4. The number of aromatic nitrogens is 4. The summed E-state index contributed by atoms with van der Waals surface area (Å²) in [6.07, 6.45) is 6.30. The fourth-order valence-corrected chi connectivity index (χ4v) is 6.13. The molecule has 1 aromatic carbocycles. The summed E-state index contributed by atoms with van der Waals surface area (Å²) in [5.41, 5.74) is 3.21. The van der Waals surface area contributed by atoms with Gasteiger partial charge in [-0.15, -0.1) is 10.2 Å². The molecule has 0 radical (unpaired) electrons. The summed E-state index contributed by atoms with van der Waals surface area (Å²) in [4.78, 5) is 6.72. The molecule has 210 valence electrons. The van der Waals surface area contributed by atoms with E-state index in [4.69, 9.17) is 25.5 Å². The number of benzene rings is 1. The molecule has 0 aliphatic carbocycles. The number of halogens is 1. The maximum atomic E-state index is 13.5. The van der Waals surface area contributed by atoms with Gasteiger partial charge in [0, 0.05) is 37.0 Å². The molecule has 5 rings (SSSR count). The first-order valence-electron chi connectivity index (χ1n) is 12.7. The van der Waals surface area contributed by atoms with Crippen molar-refractivity contribution in [1.82, 2.24) is 24.6 Å². The lowest BCUT2D eigenvalue weighted by molar-refractivity contribution is 0.370. The SMILES string of the molecule is COc1cccc(OC)c1-n1c(CS(=O)(=O)CCc2ncc(Cl)cc2C2=CCN(C)CC2)nnc1-c1ccco1. The lowest BCUT2D eigenvalue weighted by Crippen LogP contribution is -2.24. The van der Waals surface area contributed by atoms with E-state index in [9.17, 15) is 8.42 Å². The minimum Gasteiger partial charge on any atom is -0.494 e. The van der Waals surface area contributed by atoms with Crippen molar-refractivity contribution in [2.75, 3.05) is 40.1 Å². The zero-order chi connectivity index (χ0) is 28.3. The Morgan fingerprint density at radius 3 is 2.52 bits per heavy atom. The van der Waals surface area contributed by atoms with Crippen LogP contribution in [0.3, 0.4) is 0 Å². The van der Waals surface area contributed by atoms with Crippen LogP contribution in [0, 0.1) is 0 Å². The van der Waals surface area contributed by atoms with Crippen LogP contribution < -0.4 is 9.47 Å². The van der Waals surface area contributed by atoms with Crippen molar-refractivity contribution in [3.63, 3.8) is 0 Å². The molecule has 10 nitrogen and oxygen atoms in total. The van der Waals surface area contributed by atoms with E-state index in [1.54, 1.807) is 41.1 Å². The second-order valence-electron chi connectivity index (χ2n) is 9.50. The minimum atomic E-state index is -3.66. The van der Waals surface area contributed by atoms with Crippen LogP contribution in [0.1, 0.15) is 23.5 Å². The number of rotatable bonds is 10. The molecule has 0 fully saturated rings. The van der Waals surface area contributed by atoms with E-state index in [2.05, 4.69) is 33.2 Å². The van der Waals surface area contributed by atoms with E-state index in [1.807, 2.05) is 6.07 Å². The van der Waals surface area contributed by atoms with Crippen LogP contribution in [0.25, 0.3) is 22.8 Å². The highest BCUT2D eigenvalue weighted by atomic mass is 35.5. The monoisotopic (exact) mass is 583 g/mol. The average Bonchev–Trinajstić information content (AvgIpc) is 3.62. The number of pyridine rings is 1. The molecule has 40 heavy (non-hydrogen) atoms. The fraction of sp³-hybridized carbons (Fsp3) is 0.321. The lowest BCUT2D eigenvalue weighted by Gasteiger charge is -2.23. The molecule has 0 saturated carbocycles. The molecule has 1 aliphatic heterocycles. The van der Waals surface area contributed by atoms with Gasteiger partial charge in [-0.2, -0.15) is 0 Å². The molecule has 0 saturated heterocycles. The molecular weight excluding hydrogens is 554 g/mol.